The fourth-order valence-electron chi connectivity index (χ4n) is 3.19. The summed E-state index contributed by atoms with van der Waals surface area (Å²) in [5.41, 5.74) is 3.15. The highest BCUT2D eigenvalue weighted by Crippen LogP contribution is 2.37. The smallest absolute Gasteiger partial charge is 0.329 e. The standard InChI is InChI=1S/C21H21NO3/c1-14(2)19(21(24)25-3)22-18(13-15-9-5-4-6-10-15)16-11-7-8-12-17(16)20(22)23/h4-14,19H,1-3H3/b18-13-/t19-/m0/s1. The summed E-state index contributed by atoms with van der Waals surface area (Å²) in [6.45, 7) is 3.83. The third kappa shape index (κ3) is 3.07. The molecule has 3 rings (SSSR count). The lowest BCUT2D eigenvalue weighted by Crippen LogP contribution is -2.45. The first-order valence-electron chi connectivity index (χ1n) is 8.32. The lowest BCUT2D eigenvalue weighted by atomic mass is 10.0. The first-order chi connectivity index (χ1) is 12.0. The van der Waals surface area contributed by atoms with E-state index in [-0.39, 0.29) is 11.8 Å². The van der Waals surface area contributed by atoms with E-state index in [0.29, 0.717) is 5.56 Å². The maximum absolute atomic E-state index is 13.0. The Morgan fingerprint density at radius 1 is 1.00 bits per heavy atom. The Bertz CT molecular complexity index is 824. The van der Waals surface area contributed by atoms with Crippen molar-refractivity contribution < 1.29 is 14.3 Å². The van der Waals surface area contributed by atoms with Crippen molar-refractivity contribution in [2.24, 2.45) is 5.92 Å². The van der Waals surface area contributed by atoms with Crippen LogP contribution < -0.4 is 0 Å². The molecule has 128 valence electrons. The number of nitrogens with zero attached hydrogens (tertiary/aromatic N) is 1. The van der Waals surface area contributed by atoms with Crippen molar-refractivity contribution in [3.63, 3.8) is 0 Å². The molecule has 0 fully saturated rings. The summed E-state index contributed by atoms with van der Waals surface area (Å²) in [6.07, 6.45) is 1.95. The van der Waals surface area contributed by atoms with Crippen LogP contribution in [0.3, 0.4) is 0 Å². The van der Waals surface area contributed by atoms with Crippen molar-refractivity contribution in [1.29, 1.82) is 0 Å². The van der Waals surface area contributed by atoms with E-state index in [1.54, 1.807) is 11.0 Å². The Balaban J connectivity index is 2.17. The molecule has 0 aromatic heterocycles. The minimum absolute atomic E-state index is 0.0788. The van der Waals surface area contributed by atoms with Crippen LogP contribution in [0.5, 0.6) is 0 Å². The summed E-state index contributed by atoms with van der Waals surface area (Å²) < 4.78 is 4.97. The minimum atomic E-state index is -0.667. The topological polar surface area (TPSA) is 46.6 Å². The number of benzene rings is 2. The van der Waals surface area contributed by atoms with Crippen LogP contribution in [0.15, 0.2) is 54.6 Å². The molecular weight excluding hydrogens is 314 g/mol. The van der Waals surface area contributed by atoms with E-state index in [1.165, 1.54) is 7.11 Å². The van der Waals surface area contributed by atoms with Crippen molar-refractivity contribution in [2.75, 3.05) is 7.11 Å². The molecule has 1 atom stereocenters. The zero-order valence-electron chi connectivity index (χ0n) is 14.6. The van der Waals surface area contributed by atoms with Crippen LogP contribution in [0.4, 0.5) is 0 Å². The Kier molecular flexibility index (Phi) is 4.70. The number of ether oxygens (including phenoxy) is 1. The second-order valence-corrected chi connectivity index (χ2v) is 6.37. The molecule has 0 N–H and O–H groups in total. The Morgan fingerprint density at radius 2 is 1.60 bits per heavy atom. The number of hydrogen-bond acceptors (Lipinski definition) is 3. The van der Waals surface area contributed by atoms with Gasteiger partial charge >= 0.3 is 5.97 Å². The number of amides is 1. The zero-order valence-corrected chi connectivity index (χ0v) is 14.6. The van der Waals surface area contributed by atoms with Gasteiger partial charge in [0.2, 0.25) is 0 Å². The molecule has 1 aliphatic heterocycles. The molecule has 0 aliphatic carbocycles. The Hall–Kier alpha value is -2.88. The largest absolute Gasteiger partial charge is 0.467 e. The van der Waals surface area contributed by atoms with Gasteiger partial charge in [0.05, 0.1) is 12.8 Å². The molecule has 0 saturated heterocycles. The third-order valence-corrected chi connectivity index (χ3v) is 4.37. The van der Waals surface area contributed by atoms with Gasteiger partial charge in [0.15, 0.2) is 0 Å². The summed E-state index contributed by atoms with van der Waals surface area (Å²) in [5.74, 6) is -0.651. The van der Waals surface area contributed by atoms with Crippen LogP contribution >= 0.6 is 0 Å². The van der Waals surface area contributed by atoms with E-state index in [9.17, 15) is 9.59 Å². The van der Waals surface area contributed by atoms with Gasteiger partial charge < -0.3 is 4.74 Å². The predicted molar refractivity (Wildman–Crippen MR) is 97.6 cm³/mol. The van der Waals surface area contributed by atoms with E-state index in [1.807, 2.05) is 68.5 Å². The quantitative estimate of drug-likeness (QED) is 0.798. The predicted octanol–water partition coefficient (Wildman–Crippen LogP) is 3.84. The summed E-state index contributed by atoms with van der Waals surface area (Å²) in [7, 11) is 1.35. The summed E-state index contributed by atoms with van der Waals surface area (Å²) in [6, 6.07) is 16.6. The van der Waals surface area contributed by atoms with Crippen LogP contribution in [0.25, 0.3) is 11.8 Å². The molecule has 1 heterocycles. The van der Waals surface area contributed by atoms with Gasteiger partial charge in [-0.25, -0.2) is 4.79 Å². The molecule has 0 saturated carbocycles. The van der Waals surface area contributed by atoms with Crippen molar-refractivity contribution in [1.82, 2.24) is 4.90 Å². The second-order valence-electron chi connectivity index (χ2n) is 6.37. The molecule has 4 heteroatoms. The van der Waals surface area contributed by atoms with Crippen LogP contribution in [0.2, 0.25) is 0 Å². The SMILES string of the molecule is COC(=O)[C@H](C(C)C)N1C(=O)c2ccccc2/C1=C/c1ccccc1. The molecule has 2 aromatic carbocycles. The Morgan fingerprint density at radius 3 is 2.20 bits per heavy atom. The maximum atomic E-state index is 13.0. The van der Waals surface area contributed by atoms with E-state index in [0.717, 1.165) is 16.8 Å². The lowest BCUT2D eigenvalue weighted by molar-refractivity contribution is -0.146. The summed E-state index contributed by atoms with van der Waals surface area (Å²) in [5, 5.41) is 0. The normalized spacial score (nSPS) is 16.2. The fourth-order valence-corrected chi connectivity index (χ4v) is 3.19. The number of carbonyl (C=O) groups is 2. The van der Waals surface area contributed by atoms with E-state index >= 15 is 0 Å². The van der Waals surface area contributed by atoms with E-state index < -0.39 is 12.0 Å². The van der Waals surface area contributed by atoms with Crippen molar-refractivity contribution in [2.45, 2.75) is 19.9 Å². The van der Waals surface area contributed by atoms with Crippen molar-refractivity contribution >= 4 is 23.6 Å². The maximum Gasteiger partial charge on any atom is 0.329 e. The van der Waals surface area contributed by atoms with Gasteiger partial charge in [0, 0.05) is 11.1 Å². The van der Waals surface area contributed by atoms with Gasteiger partial charge in [0.1, 0.15) is 6.04 Å². The van der Waals surface area contributed by atoms with Crippen LogP contribution in [-0.4, -0.2) is 29.9 Å². The monoisotopic (exact) mass is 335 g/mol. The zero-order chi connectivity index (χ0) is 18.0. The van der Waals surface area contributed by atoms with E-state index in [4.69, 9.17) is 4.74 Å². The molecule has 0 radical (unpaired) electrons. The molecule has 0 bridgehead atoms. The minimum Gasteiger partial charge on any atom is -0.467 e. The van der Waals surface area contributed by atoms with E-state index in [2.05, 4.69) is 0 Å². The van der Waals surface area contributed by atoms with Crippen molar-refractivity contribution in [3.8, 4) is 0 Å². The van der Waals surface area contributed by atoms with Crippen molar-refractivity contribution in [3.05, 3.63) is 71.3 Å². The molecule has 2 aromatic rings. The number of hydrogen-bond donors (Lipinski definition) is 0. The molecule has 1 aliphatic rings. The fraction of sp³-hybridized carbons (Fsp3) is 0.238. The van der Waals surface area contributed by atoms with Gasteiger partial charge in [0.25, 0.3) is 5.91 Å². The van der Waals surface area contributed by atoms with Gasteiger partial charge in [-0.05, 0) is 23.6 Å². The number of methoxy groups -OCH3 is 1. The highest BCUT2D eigenvalue weighted by molar-refractivity contribution is 6.13. The third-order valence-electron chi connectivity index (χ3n) is 4.37. The number of fused-ring (bicyclic) bond motifs is 1. The molecule has 0 spiro atoms. The first kappa shape index (κ1) is 17.0. The summed E-state index contributed by atoms with van der Waals surface area (Å²) >= 11 is 0. The Labute approximate surface area is 147 Å². The highest BCUT2D eigenvalue weighted by Gasteiger charge is 2.41. The average molecular weight is 335 g/mol. The lowest BCUT2D eigenvalue weighted by Gasteiger charge is -2.30. The van der Waals surface area contributed by atoms with Gasteiger partial charge in [-0.1, -0.05) is 62.4 Å². The van der Waals surface area contributed by atoms with Crippen LogP contribution in [-0.2, 0) is 9.53 Å². The first-order valence-corrected chi connectivity index (χ1v) is 8.32. The van der Waals surface area contributed by atoms with Crippen LogP contribution in [0.1, 0.15) is 35.3 Å². The van der Waals surface area contributed by atoms with Crippen LogP contribution in [0, 0.1) is 5.92 Å². The number of esters is 1. The molecular formula is C21H21NO3. The van der Waals surface area contributed by atoms with Gasteiger partial charge in [-0.3, -0.25) is 9.69 Å². The molecule has 4 nitrogen and oxygen atoms in total. The molecule has 25 heavy (non-hydrogen) atoms. The second kappa shape index (κ2) is 6.93. The number of carbonyl (C=O) groups excluding carboxylic acids is 2. The number of rotatable bonds is 4. The molecule has 0 unspecified atom stereocenters. The average Bonchev–Trinajstić information content (AvgIpc) is 2.89. The van der Waals surface area contributed by atoms with Gasteiger partial charge in [-0.2, -0.15) is 0 Å². The van der Waals surface area contributed by atoms with Gasteiger partial charge in [-0.15, -0.1) is 0 Å². The molecule has 1 amide bonds. The highest BCUT2D eigenvalue weighted by atomic mass is 16.5. The summed E-state index contributed by atoms with van der Waals surface area (Å²) in [4.78, 5) is 27.0.